The first-order chi connectivity index (χ1) is 17.3. The van der Waals surface area contributed by atoms with Crippen LogP contribution in [0.25, 0.3) is 22.0 Å². The van der Waals surface area contributed by atoms with E-state index >= 15 is 0 Å². The fourth-order valence-corrected chi connectivity index (χ4v) is 5.38. The molecule has 1 amide bonds. The number of nitrogens with zero attached hydrogens (tertiary/aromatic N) is 2. The maximum atomic E-state index is 13.6. The number of rotatable bonds is 8. The average molecular weight is 506 g/mol. The van der Waals surface area contributed by atoms with Gasteiger partial charge in [-0.2, -0.15) is 0 Å². The Bertz CT molecular complexity index is 1480. The van der Waals surface area contributed by atoms with Crippen molar-refractivity contribution < 1.29 is 19.2 Å². The number of hydrogen-bond donors (Lipinski definition) is 1. The van der Waals surface area contributed by atoms with Crippen molar-refractivity contribution in [3.8, 4) is 11.1 Å². The Kier molecular flexibility index (Phi) is 7.21. The van der Waals surface area contributed by atoms with Crippen molar-refractivity contribution in [1.29, 1.82) is 0 Å². The predicted octanol–water partition coefficient (Wildman–Crippen LogP) is 6.60. The second kappa shape index (κ2) is 10.3. The van der Waals surface area contributed by atoms with Gasteiger partial charge in [-0.1, -0.05) is 25.1 Å². The number of thiophene rings is 1. The highest BCUT2D eigenvalue weighted by atomic mass is 32.1. The van der Waals surface area contributed by atoms with Gasteiger partial charge < -0.3 is 14.6 Å². The molecule has 1 N–H and O–H groups in total. The van der Waals surface area contributed by atoms with E-state index in [0.29, 0.717) is 28.4 Å². The van der Waals surface area contributed by atoms with Crippen molar-refractivity contribution in [3.05, 3.63) is 80.3 Å². The standard InChI is InChI=1S/C27H27N3O5S/c1-5-17-11-12-22-20(13-17)16(4)24(29(22)6-2)25(31)28-26-23(27(32)35-7-3)21(15-36-26)18-9-8-10-19(14-18)30(33)34/h8-15H,5-7H2,1-4H3,(H,28,31). The lowest BCUT2D eigenvalue weighted by Crippen LogP contribution is -2.19. The molecule has 2 aromatic carbocycles. The number of aryl methyl sites for hydroxylation is 3. The van der Waals surface area contributed by atoms with Gasteiger partial charge in [-0.3, -0.25) is 14.9 Å². The quantitative estimate of drug-likeness (QED) is 0.165. The summed E-state index contributed by atoms with van der Waals surface area (Å²) in [5, 5.41) is 17.3. The summed E-state index contributed by atoms with van der Waals surface area (Å²) >= 11 is 1.18. The molecule has 0 bridgehead atoms. The second-order valence-corrected chi connectivity index (χ2v) is 9.14. The number of carbonyl (C=O) groups excluding carboxylic acids is 2. The lowest BCUT2D eigenvalue weighted by atomic mass is 10.0. The molecule has 186 valence electrons. The molecular weight excluding hydrogens is 478 g/mol. The number of esters is 1. The molecule has 0 radical (unpaired) electrons. The first kappa shape index (κ1) is 25.1. The monoisotopic (exact) mass is 505 g/mol. The van der Waals surface area contributed by atoms with Crippen LogP contribution < -0.4 is 5.32 Å². The van der Waals surface area contributed by atoms with Crippen LogP contribution in [0.5, 0.6) is 0 Å². The molecule has 0 atom stereocenters. The molecule has 4 aromatic rings. The number of nitro groups is 1. The highest BCUT2D eigenvalue weighted by Crippen LogP contribution is 2.38. The van der Waals surface area contributed by atoms with Crippen LogP contribution in [0.4, 0.5) is 10.7 Å². The summed E-state index contributed by atoms with van der Waals surface area (Å²) in [6, 6.07) is 12.3. The third-order valence-corrected chi connectivity index (χ3v) is 7.08. The smallest absolute Gasteiger partial charge is 0.341 e. The molecule has 0 aliphatic heterocycles. The molecule has 0 spiro atoms. The Morgan fingerprint density at radius 3 is 2.58 bits per heavy atom. The molecule has 0 aliphatic carbocycles. The van der Waals surface area contributed by atoms with Gasteiger partial charge in [0.2, 0.25) is 0 Å². The Hall–Kier alpha value is -3.98. The molecule has 36 heavy (non-hydrogen) atoms. The maximum Gasteiger partial charge on any atom is 0.341 e. The Labute approximate surface area is 212 Å². The third kappa shape index (κ3) is 4.49. The number of ether oxygens (including phenoxy) is 1. The zero-order valence-electron chi connectivity index (χ0n) is 20.6. The van der Waals surface area contributed by atoms with Gasteiger partial charge in [0.05, 0.1) is 11.5 Å². The van der Waals surface area contributed by atoms with E-state index < -0.39 is 10.9 Å². The van der Waals surface area contributed by atoms with Crippen LogP contribution in [0.2, 0.25) is 0 Å². The fraction of sp³-hybridized carbons (Fsp3) is 0.259. The highest BCUT2D eigenvalue weighted by molar-refractivity contribution is 7.15. The molecule has 4 rings (SSSR count). The number of carbonyl (C=O) groups is 2. The fourth-order valence-electron chi connectivity index (χ4n) is 4.43. The maximum absolute atomic E-state index is 13.6. The van der Waals surface area contributed by atoms with Crippen LogP contribution in [-0.4, -0.2) is 28.0 Å². The number of non-ortho nitro benzene ring substituents is 1. The normalized spacial score (nSPS) is 11.0. The summed E-state index contributed by atoms with van der Waals surface area (Å²) in [6.45, 7) is 8.46. The number of nitro benzene ring substituents is 1. The number of benzene rings is 2. The summed E-state index contributed by atoms with van der Waals surface area (Å²) in [7, 11) is 0. The van der Waals surface area contributed by atoms with Crippen molar-refractivity contribution >= 4 is 44.8 Å². The minimum atomic E-state index is -0.601. The Morgan fingerprint density at radius 2 is 1.92 bits per heavy atom. The van der Waals surface area contributed by atoms with Gasteiger partial charge in [0, 0.05) is 40.5 Å². The lowest BCUT2D eigenvalue weighted by Gasteiger charge is -2.11. The largest absolute Gasteiger partial charge is 0.462 e. The zero-order valence-corrected chi connectivity index (χ0v) is 21.4. The zero-order chi connectivity index (χ0) is 26.0. The summed E-state index contributed by atoms with van der Waals surface area (Å²) in [6.07, 6.45) is 0.896. The number of anilines is 1. The first-order valence-electron chi connectivity index (χ1n) is 11.8. The van der Waals surface area contributed by atoms with Gasteiger partial charge in [0.25, 0.3) is 11.6 Å². The minimum Gasteiger partial charge on any atom is -0.462 e. The number of nitrogens with one attached hydrogen (secondary N) is 1. The topological polar surface area (TPSA) is 103 Å². The Morgan fingerprint density at radius 1 is 1.14 bits per heavy atom. The van der Waals surface area contributed by atoms with Crippen molar-refractivity contribution in [2.45, 2.75) is 40.7 Å². The molecule has 0 aliphatic rings. The Balaban J connectivity index is 1.79. The van der Waals surface area contributed by atoms with Crippen LogP contribution in [0, 0.1) is 17.0 Å². The second-order valence-electron chi connectivity index (χ2n) is 8.26. The molecule has 9 heteroatoms. The summed E-state index contributed by atoms with van der Waals surface area (Å²) in [5.74, 6) is -0.933. The van der Waals surface area contributed by atoms with E-state index in [9.17, 15) is 19.7 Å². The van der Waals surface area contributed by atoms with Gasteiger partial charge in [0.1, 0.15) is 16.3 Å². The molecule has 0 fully saturated rings. The molecule has 0 unspecified atom stereocenters. The van der Waals surface area contributed by atoms with Gasteiger partial charge in [-0.25, -0.2) is 4.79 Å². The van der Waals surface area contributed by atoms with Gasteiger partial charge in [0.15, 0.2) is 0 Å². The molecule has 0 saturated carbocycles. The average Bonchev–Trinajstić information content (AvgIpc) is 3.42. The third-order valence-electron chi connectivity index (χ3n) is 6.19. The van der Waals surface area contributed by atoms with Gasteiger partial charge in [-0.05, 0) is 56.0 Å². The first-order valence-corrected chi connectivity index (χ1v) is 12.6. The van der Waals surface area contributed by atoms with Crippen LogP contribution in [0.3, 0.4) is 0 Å². The van der Waals surface area contributed by atoms with Crippen LogP contribution in [0.1, 0.15) is 52.7 Å². The number of fused-ring (bicyclic) bond motifs is 1. The molecule has 0 saturated heterocycles. The number of aromatic nitrogens is 1. The van der Waals surface area contributed by atoms with E-state index in [2.05, 4.69) is 24.4 Å². The van der Waals surface area contributed by atoms with Crippen LogP contribution >= 0.6 is 11.3 Å². The summed E-state index contributed by atoms with van der Waals surface area (Å²) in [4.78, 5) is 37.3. The summed E-state index contributed by atoms with van der Waals surface area (Å²) < 4.78 is 7.24. The van der Waals surface area contributed by atoms with E-state index in [1.807, 2.05) is 24.5 Å². The van der Waals surface area contributed by atoms with Crippen LogP contribution in [-0.2, 0) is 17.7 Å². The van der Waals surface area contributed by atoms with Crippen LogP contribution in [0.15, 0.2) is 47.8 Å². The highest BCUT2D eigenvalue weighted by Gasteiger charge is 2.26. The summed E-state index contributed by atoms with van der Waals surface area (Å²) in [5.41, 5.74) is 4.62. The predicted molar refractivity (Wildman–Crippen MR) is 142 cm³/mol. The van der Waals surface area contributed by atoms with E-state index in [-0.39, 0.29) is 23.8 Å². The van der Waals surface area contributed by atoms with Crippen molar-refractivity contribution in [1.82, 2.24) is 4.57 Å². The van der Waals surface area contributed by atoms with Crippen molar-refractivity contribution in [2.75, 3.05) is 11.9 Å². The molecule has 2 aromatic heterocycles. The van der Waals surface area contributed by atoms with Crippen molar-refractivity contribution in [2.24, 2.45) is 0 Å². The van der Waals surface area contributed by atoms with E-state index in [4.69, 9.17) is 4.74 Å². The van der Waals surface area contributed by atoms with Gasteiger partial charge in [-0.15, -0.1) is 11.3 Å². The SMILES string of the molecule is CCOC(=O)c1c(-c2cccc([N+](=O)[O-])c2)csc1NC(=O)c1c(C)c2cc(CC)ccc2n1CC. The van der Waals surface area contributed by atoms with Gasteiger partial charge >= 0.3 is 5.97 Å². The molecule has 8 nitrogen and oxygen atoms in total. The van der Waals surface area contributed by atoms with E-state index in [1.54, 1.807) is 24.4 Å². The van der Waals surface area contributed by atoms with Crippen molar-refractivity contribution in [3.63, 3.8) is 0 Å². The van der Waals surface area contributed by atoms with E-state index in [1.165, 1.54) is 29.0 Å². The lowest BCUT2D eigenvalue weighted by molar-refractivity contribution is -0.384. The van der Waals surface area contributed by atoms with E-state index in [0.717, 1.165) is 22.9 Å². The minimum absolute atomic E-state index is 0.0892. The number of amides is 1. The number of hydrogen-bond acceptors (Lipinski definition) is 6. The molecule has 2 heterocycles. The molecular formula is C27H27N3O5S.